The van der Waals surface area contributed by atoms with Crippen LogP contribution < -0.4 is 11.1 Å². The van der Waals surface area contributed by atoms with Crippen molar-refractivity contribution in [1.29, 1.82) is 0 Å². The van der Waals surface area contributed by atoms with Crippen molar-refractivity contribution in [2.24, 2.45) is 5.73 Å². The number of hydrogen-bond donors (Lipinski definition) is 2. The summed E-state index contributed by atoms with van der Waals surface area (Å²) in [6.07, 6.45) is 0. The minimum atomic E-state index is -0.472. The van der Waals surface area contributed by atoms with Gasteiger partial charge in [-0.2, -0.15) is 0 Å². The quantitative estimate of drug-likeness (QED) is 0.805. The van der Waals surface area contributed by atoms with E-state index in [-0.39, 0.29) is 17.5 Å². The summed E-state index contributed by atoms with van der Waals surface area (Å²) < 4.78 is 13.7. The Hall–Kier alpha value is -1.46. The van der Waals surface area contributed by atoms with Crippen molar-refractivity contribution in [3.05, 3.63) is 35.1 Å². The zero-order valence-corrected chi connectivity index (χ0v) is 10.4. The van der Waals surface area contributed by atoms with Gasteiger partial charge >= 0.3 is 0 Å². The van der Waals surface area contributed by atoms with Crippen LogP contribution in [0.15, 0.2) is 18.2 Å². The molecule has 1 aromatic rings. The van der Waals surface area contributed by atoms with Crippen molar-refractivity contribution < 1.29 is 9.18 Å². The van der Waals surface area contributed by atoms with E-state index in [4.69, 9.17) is 5.73 Å². The molecule has 1 aliphatic rings. The van der Waals surface area contributed by atoms with Gasteiger partial charge in [0, 0.05) is 26.2 Å². The number of nitrogens with two attached hydrogens (primary N) is 1. The van der Waals surface area contributed by atoms with Crippen LogP contribution in [0.1, 0.15) is 15.9 Å². The van der Waals surface area contributed by atoms with Gasteiger partial charge in [-0.05, 0) is 19.1 Å². The number of carbonyl (C=O) groups is 1. The third-order valence-electron chi connectivity index (χ3n) is 3.24. The second-order valence-electron chi connectivity index (χ2n) is 4.58. The topological polar surface area (TPSA) is 58.4 Å². The van der Waals surface area contributed by atoms with Crippen molar-refractivity contribution in [1.82, 2.24) is 10.2 Å². The summed E-state index contributed by atoms with van der Waals surface area (Å²) in [6, 6.07) is 4.52. The molecule has 0 radical (unpaired) electrons. The smallest absolute Gasteiger partial charge is 0.257 e. The fraction of sp³-hybridized carbons (Fsp3) is 0.462. The van der Waals surface area contributed by atoms with Gasteiger partial charge in [0.1, 0.15) is 5.82 Å². The van der Waals surface area contributed by atoms with Gasteiger partial charge in [-0.1, -0.05) is 11.6 Å². The van der Waals surface area contributed by atoms with Gasteiger partial charge in [0.05, 0.1) is 11.6 Å². The molecule has 98 valence electrons. The minimum absolute atomic E-state index is 0.0637. The lowest BCUT2D eigenvalue weighted by molar-refractivity contribution is 0.0640. The molecule has 0 saturated carbocycles. The monoisotopic (exact) mass is 251 g/mol. The van der Waals surface area contributed by atoms with Crippen molar-refractivity contribution >= 4 is 5.91 Å². The number of aryl methyl sites for hydroxylation is 1. The number of hydrogen-bond acceptors (Lipinski definition) is 3. The standard InChI is InChI=1S/C13H18FN3O/c1-9-2-3-12(14)11(6-9)13(18)17-5-4-16-8-10(17)7-15/h2-3,6,10,16H,4-5,7-8,15H2,1H3. The van der Waals surface area contributed by atoms with Gasteiger partial charge in [-0.15, -0.1) is 0 Å². The first kappa shape index (κ1) is 13.0. The molecule has 1 saturated heterocycles. The van der Waals surface area contributed by atoms with Crippen molar-refractivity contribution in [3.63, 3.8) is 0 Å². The molecule has 1 aromatic carbocycles. The number of rotatable bonds is 2. The maximum absolute atomic E-state index is 13.7. The van der Waals surface area contributed by atoms with Gasteiger partial charge in [-0.25, -0.2) is 4.39 Å². The molecule has 3 N–H and O–H groups in total. The number of halogens is 1. The number of benzene rings is 1. The molecule has 1 fully saturated rings. The second kappa shape index (κ2) is 5.46. The maximum atomic E-state index is 13.7. The largest absolute Gasteiger partial charge is 0.332 e. The molecule has 0 bridgehead atoms. The normalized spacial score (nSPS) is 19.9. The molecule has 1 amide bonds. The van der Waals surface area contributed by atoms with E-state index in [1.807, 2.05) is 6.92 Å². The molecule has 2 rings (SSSR count). The van der Waals surface area contributed by atoms with E-state index in [0.29, 0.717) is 19.6 Å². The molecule has 18 heavy (non-hydrogen) atoms. The SMILES string of the molecule is Cc1ccc(F)c(C(=O)N2CCNCC2CN)c1. The Bertz CT molecular complexity index is 450. The first-order valence-electron chi connectivity index (χ1n) is 6.11. The Morgan fingerprint density at radius 2 is 2.39 bits per heavy atom. The van der Waals surface area contributed by atoms with E-state index >= 15 is 0 Å². The van der Waals surface area contributed by atoms with Crippen LogP contribution in [0.4, 0.5) is 4.39 Å². The first-order valence-corrected chi connectivity index (χ1v) is 6.11. The molecule has 1 atom stereocenters. The molecule has 1 heterocycles. The van der Waals surface area contributed by atoms with Gasteiger partial charge in [0.25, 0.3) is 5.91 Å². The van der Waals surface area contributed by atoms with Gasteiger partial charge in [0.2, 0.25) is 0 Å². The summed E-state index contributed by atoms with van der Waals surface area (Å²) >= 11 is 0. The second-order valence-corrected chi connectivity index (χ2v) is 4.58. The summed E-state index contributed by atoms with van der Waals surface area (Å²) in [5, 5.41) is 3.18. The van der Waals surface area contributed by atoms with E-state index in [2.05, 4.69) is 5.32 Å². The van der Waals surface area contributed by atoms with Crippen LogP contribution in [0.3, 0.4) is 0 Å². The predicted octanol–water partition coefficient (Wildman–Crippen LogP) is 0.507. The highest BCUT2D eigenvalue weighted by molar-refractivity contribution is 5.95. The van der Waals surface area contributed by atoms with Crippen LogP contribution in [0.25, 0.3) is 0 Å². The predicted molar refractivity (Wildman–Crippen MR) is 67.9 cm³/mol. The third-order valence-corrected chi connectivity index (χ3v) is 3.24. The molecule has 5 heteroatoms. The van der Waals surface area contributed by atoms with E-state index in [9.17, 15) is 9.18 Å². The molecular formula is C13H18FN3O. The summed E-state index contributed by atoms with van der Waals surface area (Å²) in [6.45, 7) is 4.17. The molecule has 1 unspecified atom stereocenters. The lowest BCUT2D eigenvalue weighted by Gasteiger charge is -2.35. The van der Waals surface area contributed by atoms with E-state index in [0.717, 1.165) is 12.1 Å². The summed E-state index contributed by atoms with van der Waals surface area (Å²) in [5.41, 5.74) is 6.66. The number of nitrogens with zero attached hydrogens (tertiary/aromatic N) is 1. The maximum Gasteiger partial charge on any atom is 0.257 e. The van der Waals surface area contributed by atoms with E-state index < -0.39 is 5.82 Å². The highest BCUT2D eigenvalue weighted by atomic mass is 19.1. The van der Waals surface area contributed by atoms with Crippen LogP contribution in [-0.4, -0.2) is 43.0 Å². The van der Waals surface area contributed by atoms with Gasteiger partial charge in [0.15, 0.2) is 0 Å². The Morgan fingerprint density at radius 1 is 1.61 bits per heavy atom. The zero-order chi connectivity index (χ0) is 13.1. The molecule has 0 aromatic heterocycles. The average molecular weight is 251 g/mol. The molecule has 0 spiro atoms. The zero-order valence-electron chi connectivity index (χ0n) is 10.4. The van der Waals surface area contributed by atoms with Gasteiger partial charge in [-0.3, -0.25) is 4.79 Å². The minimum Gasteiger partial charge on any atom is -0.332 e. The molecule has 4 nitrogen and oxygen atoms in total. The lowest BCUT2D eigenvalue weighted by atomic mass is 10.1. The fourth-order valence-corrected chi connectivity index (χ4v) is 2.20. The molecular weight excluding hydrogens is 233 g/mol. The number of amides is 1. The Labute approximate surface area is 106 Å². The Balaban J connectivity index is 2.26. The van der Waals surface area contributed by atoms with Crippen molar-refractivity contribution in [2.75, 3.05) is 26.2 Å². The van der Waals surface area contributed by atoms with Crippen molar-refractivity contribution in [2.45, 2.75) is 13.0 Å². The summed E-state index contributed by atoms with van der Waals surface area (Å²) in [4.78, 5) is 14.0. The van der Waals surface area contributed by atoms with Crippen LogP contribution in [0.5, 0.6) is 0 Å². The fourth-order valence-electron chi connectivity index (χ4n) is 2.20. The van der Waals surface area contributed by atoms with E-state index in [1.165, 1.54) is 6.07 Å². The molecule has 0 aliphatic carbocycles. The van der Waals surface area contributed by atoms with Crippen LogP contribution in [0.2, 0.25) is 0 Å². The highest BCUT2D eigenvalue weighted by Gasteiger charge is 2.27. The number of nitrogens with one attached hydrogen (secondary N) is 1. The average Bonchev–Trinajstić information content (AvgIpc) is 2.40. The Morgan fingerprint density at radius 3 is 3.11 bits per heavy atom. The first-order chi connectivity index (χ1) is 8.63. The third kappa shape index (κ3) is 2.52. The van der Waals surface area contributed by atoms with Gasteiger partial charge < -0.3 is 16.0 Å². The number of piperazine rings is 1. The van der Waals surface area contributed by atoms with Crippen LogP contribution in [-0.2, 0) is 0 Å². The van der Waals surface area contributed by atoms with E-state index in [1.54, 1.807) is 17.0 Å². The Kier molecular flexibility index (Phi) is 3.93. The number of carbonyl (C=O) groups excluding carboxylic acids is 1. The molecule has 1 aliphatic heterocycles. The van der Waals surface area contributed by atoms with Crippen LogP contribution >= 0.6 is 0 Å². The lowest BCUT2D eigenvalue weighted by Crippen LogP contribution is -2.56. The summed E-state index contributed by atoms with van der Waals surface area (Å²) in [5.74, 6) is -0.743. The van der Waals surface area contributed by atoms with Crippen LogP contribution in [0, 0.1) is 12.7 Å². The highest BCUT2D eigenvalue weighted by Crippen LogP contribution is 2.15. The summed E-state index contributed by atoms with van der Waals surface area (Å²) in [7, 11) is 0. The van der Waals surface area contributed by atoms with Crippen molar-refractivity contribution in [3.8, 4) is 0 Å².